The van der Waals surface area contributed by atoms with Gasteiger partial charge in [0.25, 0.3) is 5.69 Å². The summed E-state index contributed by atoms with van der Waals surface area (Å²) in [5.41, 5.74) is 0.0582. The Labute approximate surface area is 126 Å². The highest BCUT2D eigenvalue weighted by molar-refractivity contribution is 5.55. The van der Waals surface area contributed by atoms with Crippen LogP contribution in [0, 0.1) is 16.0 Å². The first-order chi connectivity index (χ1) is 10.0. The molecule has 6 nitrogen and oxygen atoms in total. The molecular weight excluding hydrogens is 268 g/mol. The molecule has 0 fully saturated rings. The summed E-state index contributed by atoms with van der Waals surface area (Å²) in [4.78, 5) is 15.1. The van der Waals surface area contributed by atoms with Gasteiger partial charge in [0.1, 0.15) is 11.6 Å². The normalized spacial score (nSPS) is 12.2. The largest absolute Gasteiger partial charge is 0.370 e. The highest BCUT2D eigenvalue weighted by Crippen LogP contribution is 2.23. The third-order valence-corrected chi connectivity index (χ3v) is 3.71. The van der Waals surface area contributed by atoms with Crippen molar-refractivity contribution in [2.45, 2.75) is 53.0 Å². The van der Waals surface area contributed by atoms with E-state index in [9.17, 15) is 10.1 Å². The third-order valence-electron chi connectivity index (χ3n) is 3.71. The topological polar surface area (TPSA) is 80.1 Å². The number of aromatic nitrogens is 1. The van der Waals surface area contributed by atoms with E-state index in [0.717, 1.165) is 25.8 Å². The van der Waals surface area contributed by atoms with Gasteiger partial charge in [-0.3, -0.25) is 10.1 Å². The molecule has 0 aliphatic heterocycles. The Morgan fingerprint density at radius 2 is 1.86 bits per heavy atom. The van der Waals surface area contributed by atoms with Gasteiger partial charge in [0.2, 0.25) is 0 Å². The number of nitrogens with one attached hydrogen (secondary N) is 2. The van der Waals surface area contributed by atoms with Gasteiger partial charge < -0.3 is 10.6 Å². The Bertz CT molecular complexity index is 461. The summed E-state index contributed by atoms with van der Waals surface area (Å²) in [6.45, 7) is 9.19. The van der Waals surface area contributed by atoms with Crippen LogP contribution in [0.3, 0.4) is 0 Å². The van der Waals surface area contributed by atoms with E-state index in [0.29, 0.717) is 17.6 Å². The molecule has 1 atom stereocenters. The van der Waals surface area contributed by atoms with Gasteiger partial charge in [-0.2, -0.15) is 0 Å². The second kappa shape index (κ2) is 8.44. The summed E-state index contributed by atoms with van der Waals surface area (Å²) in [6.07, 6.45) is 3.08. The van der Waals surface area contributed by atoms with Crippen LogP contribution < -0.4 is 10.6 Å². The van der Waals surface area contributed by atoms with Crippen LogP contribution in [-0.2, 0) is 0 Å². The highest BCUT2D eigenvalue weighted by Gasteiger charge is 2.16. The van der Waals surface area contributed by atoms with E-state index < -0.39 is 0 Å². The van der Waals surface area contributed by atoms with E-state index in [1.54, 1.807) is 0 Å². The average molecular weight is 294 g/mol. The van der Waals surface area contributed by atoms with Crippen LogP contribution in [0.1, 0.15) is 47.0 Å². The van der Waals surface area contributed by atoms with Crippen LogP contribution in [0.4, 0.5) is 17.3 Å². The van der Waals surface area contributed by atoms with Crippen molar-refractivity contribution in [3.63, 3.8) is 0 Å². The minimum Gasteiger partial charge on any atom is -0.370 e. The van der Waals surface area contributed by atoms with E-state index in [1.165, 1.54) is 12.1 Å². The minimum atomic E-state index is -0.383. The molecule has 0 saturated carbocycles. The quantitative estimate of drug-likeness (QED) is 0.530. The number of anilines is 2. The first kappa shape index (κ1) is 17.2. The van der Waals surface area contributed by atoms with Gasteiger partial charge >= 0.3 is 0 Å². The second-order valence-corrected chi connectivity index (χ2v) is 5.29. The molecule has 1 aromatic heterocycles. The van der Waals surface area contributed by atoms with E-state index in [4.69, 9.17) is 0 Å². The standard InChI is InChI=1S/C15H26N4O2/c1-5-8-16-14-9-13(19(20)21)10-15(18-14)17-11(4)12(6-2)7-3/h9-12H,5-8H2,1-4H3,(H2,16,17,18). The smallest absolute Gasteiger partial charge is 0.276 e. The molecule has 0 aromatic carbocycles. The van der Waals surface area contributed by atoms with E-state index in [1.807, 2.05) is 6.92 Å². The lowest BCUT2D eigenvalue weighted by Crippen LogP contribution is -2.25. The van der Waals surface area contributed by atoms with Crippen LogP contribution in [0.25, 0.3) is 0 Å². The molecule has 0 saturated heterocycles. The molecule has 0 aliphatic carbocycles. The molecule has 1 heterocycles. The first-order valence-corrected chi connectivity index (χ1v) is 7.68. The monoisotopic (exact) mass is 294 g/mol. The zero-order chi connectivity index (χ0) is 15.8. The van der Waals surface area contributed by atoms with Gasteiger partial charge in [0, 0.05) is 12.6 Å². The molecular formula is C15H26N4O2. The molecule has 0 radical (unpaired) electrons. The predicted molar refractivity (Wildman–Crippen MR) is 86.8 cm³/mol. The van der Waals surface area contributed by atoms with Crippen molar-refractivity contribution in [2.24, 2.45) is 5.92 Å². The van der Waals surface area contributed by atoms with E-state index >= 15 is 0 Å². The van der Waals surface area contributed by atoms with E-state index in [-0.39, 0.29) is 16.7 Å². The molecule has 0 amide bonds. The fraction of sp³-hybridized carbons (Fsp3) is 0.667. The van der Waals surface area contributed by atoms with Crippen LogP contribution in [0.15, 0.2) is 12.1 Å². The molecule has 0 aliphatic rings. The van der Waals surface area contributed by atoms with Crippen molar-refractivity contribution in [3.05, 3.63) is 22.2 Å². The van der Waals surface area contributed by atoms with Crippen molar-refractivity contribution >= 4 is 17.3 Å². The van der Waals surface area contributed by atoms with Crippen molar-refractivity contribution in [3.8, 4) is 0 Å². The second-order valence-electron chi connectivity index (χ2n) is 5.29. The number of hydrogen-bond acceptors (Lipinski definition) is 5. The van der Waals surface area contributed by atoms with Gasteiger partial charge in [-0.05, 0) is 19.3 Å². The molecule has 6 heteroatoms. The lowest BCUT2D eigenvalue weighted by Gasteiger charge is -2.23. The van der Waals surface area contributed by atoms with Crippen molar-refractivity contribution in [1.82, 2.24) is 4.98 Å². The lowest BCUT2D eigenvalue weighted by molar-refractivity contribution is -0.384. The Kier molecular flexibility index (Phi) is 6.91. The van der Waals surface area contributed by atoms with Crippen molar-refractivity contribution in [2.75, 3.05) is 17.2 Å². The number of hydrogen-bond donors (Lipinski definition) is 2. The molecule has 1 unspecified atom stereocenters. The van der Waals surface area contributed by atoms with Gasteiger partial charge in [0.05, 0.1) is 17.1 Å². The van der Waals surface area contributed by atoms with Gasteiger partial charge in [-0.25, -0.2) is 4.98 Å². The van der Waals surface area contributed by atoms with Gasteiger partial charge in [-0.1, -0.05) is 33.6 Å². The summed E-state index contributed by atoms with van der Waals surface area (Å²) in [5, 5.41) is 17.4. The fourth-order valence-corrected chi connectivity index (χ4v) is 2.39. The Morgan fingerprint density at radius 3 is 2.38 bits per heavy atom. The summed E-state index contributed by atoms with van der Waals surface area (Å²) < 4.78 is 0. The maximum absolute atomic E-state index is 11.0. The molecule has 118 valence electrons. The van der Waals surface area contributed by atoms with Crippen molar-refractivity contribution < 1.29 is 4.92 Å². The molecule has 0 spiro atoms. The molecule has 21 heavy (non-hydrogen) atoms. The van der Waals surface area contributed by atoms with Crippen LogP contribution in [0.2, 0.25) is 0 Å². The van der Waals surface area contributed by atoms with Gasteiger partial charge in [0.15, 0.2) is 0 Å². The number of nitrogens with zero attached hydrogens (tertiary/aromatic N) is 2. The third kappa shape index (κ3) is 5.21. The van der Waals surface area contributed by atoms with Crippen LogP contribution in [0.5, 0.6) is 0 Å². The zero-order valence-corrected chi connectivity index (χ0v) is 13.3. The Morgan fingerprint density at radius 1 is 1.24 bits per heavy atom. The highest BCUT2D eigenvalue weighted by atomic mass is 16.6. The van der Waals surface area contributed by atoms with Crippen LogP contribution in [-0.4, -0.2) is 22.5 Å². The first-order valence-electron chi connectivity index (χ1n) is 7.68. The maximum Gasteiger partial charge on any atom is 0.276 e. The molecule has 0 bridgehead atoms. The Hall–Kier alpha value is -1.85. The van der Waals surface area contributed by atoms with E-state index in [2.05, 4.69) is 36.4 Å². The predicted octanol–water partition coefficient (Wildman–Crippen LogP) is 4.05. The summed E-state index contributed by atoms with van der Waals surface area (Å²) in [5.74, 6) is 1.63. The number of pyridine rings is 1. The van der Waals surface area contributed by atoms with Crippen molar-refractivity contribution in [1.29, 1.82) is 0 Å². The number of rotatable bonds is 9. The minimum absolute atomic E-state index is 0.0582. The molecule has 1 aromatic rings. The zero-order valence-electron chi connectivity index (χ0n) is 13.3. The lowest BCUT2D eigenvalue weighted by atomic mass is 9.95. The van der Waals surface area contributed by atoms with Gasteiger partial charge in [-0.15, -0.1) is 0 Å². The Balaban J connectivity index is 2.94. The number of nitro groups is 1. The molecule has 1 rings (SSSR count). The summed E-state index contributed by atoms with van der Waals surface area (Å²) >= 11 is 0. The fourth-order valence-electron chi connectivity index (χ4n) is 2.39. The van der Waals surface area contributed by atoms with Crippen LogP contribution >= 0.6 is 0 Å². The average Bonchev–Trinajstić information content (AvgIpc) is 2.46. The molecule has 2 N–H and O–H groups in total. The SMILES string of the molecule is CCCNc1cc([N+](=O)[O-])cc(NC(C)C(CC)CC)n1. The summed E-state index contributed by atoms with van der Waals surface area (Å²) in [7, 11) is 0. The summed E-state index contributed by atoms with van der Waals surface area (Å²) in [6, 6.07) is 3.20. The maximum atomic E-state index is 11.0.